The lowest BCUT2D eigenvalue weighted by Crippen LogP contribution is -2.05. The molecule has 7 heteroatoms. The van der Waals surface area contributed by atoms with Crippen LogP contribution in [0, 0.1) is 7.14 Å². The lowest BCUT2D eigenvalue weighted by Gasteiger charge is -2.15. The third-order valence-corrected chi connectivity index (χ3v) is 7.07. The molecule has 0 fully saturated rings. The second kappa shape index (κ2) is 11.0. The zero-order chi connectivity index (χ0) is 25.1. The number of carbonyl (C=O) groups is 1. The number of cyclic esters (lactones) is 1. The monoisotopic (exact) mass is 701 g/mol. The van der Waals surface area contributed by atoms with Gasteiger partial charge >= 0.3 is 5.97 Å². The molecule has 180 valence electrons. The molecule has 1 heterocycles. The van der Waals surface area contributed by atoms with Gasteiger partial charge in [0.2, 0.25) is 5.90 Å². The van der Waals surface area contributed by atoms with Gasteiger partial charge in [0, 0.05) is 9.13 Å². The molecule has 0 atom stereocenters. The van der Waals surface area contributed by atoms with Crippen LogP contribution < -0.4 is 9.47 Å². The van der Waals surface area contributed by atoms with Crippen LogP contribution in [0.1, 0.15) is 23.6 Å². The molecule has 1 aliphatic rings. The molecule has 0 radical (unpaired) electrons. The Morgan fingerprint density at radius 2 is 1.69 bits per heavy atom. The summed E-state index contributed by atoms with van der Waals surface area (Å²) in [6.45, 7) is 2.84. The predicted molar refractivity (Wildman–Crippen MR) is 158 cm³/mol. The molecule has 0 unspecified atom stereocenters. The van der Waals surface area contributed by atoms with Crippen molar-refractivity contribution in [3.8, 4) is 11.5 Å². The van der Waals surface area contributed by atoms with Crippen LogP contribution in [0.2, 0.25) is 0 Å². The lowest BCUT2D eigenvalue weighted by molar-refractivity contribution is -0.129. The Balaban J connectivity index is 1.42. The van der Waals surface area contributed by atoms with Gasteiger partial charge in [0.1, 0.15) is 6.61 Å². The Hall–Kier alpha value is -2.92. The quantitative estimate of drug-likeness (QED) is 0.115. The van der Waals surface area contributed by atoms with E-state index in [0.717, 1.165) is 31.0 Å². The van der Waals surface area contributed by atoms with Gasteiger partial charge in [0.15, 0.2) is 17.2 Å². The molecule has 0 saturated heterocycles. The lowest BCUT2D eigenvalue weighted by atomic mass is 10.1. The standard InChI is InChI=1S/C29H21I2NO4/c1-2-34-26-15-19(13-24(31)27(26)35-17-18-7-11-23(30)12-8-18)14-25-29(33)36-28(32-25)22-10-9-20-5-3-4-6-21(20)16-22/h3-16H,2,17H2,1H3/b25-14-. The summed E-state index contributed by atoms with van der Waals surface area (Å²) in [6, 6.07) is 25.9. The van der Waals surface area contributed by atoms with Gasteiger partial charge in [-0.2, -0.15) is 0 Å². The van der Waals surface area contributed by atoms with Crippen LogP contribution in [0.15, 0.2) is 89.6 Å². The molecule has 36 heavy (non-hydrogen) atoms. The van der Waals surface area contributed by atoms with E-state index in [1.54, 1.807) is 6.08 Å². The molecule has 5 nitrogen and oxygen atoms in total. The van der Waals surface area contributed by atoms with Gasteiger partial charge in [-0.15, -0.1) is 0 Å². The van der Waals surface area contributed by atoms with Crippen LogP contribution in [0.3, 0.4) is 0 Å². The van der Waals surface area contributed by atoms with Crippen molar-refractivity contribution in [3.05, 3.63) is 108 Å². The maximum atomic E-state index is 12.6. The number of esters is 1. The zero-order valence-electron chi connectivity index (χ0n) is 19.3. The molecule has 4 aromatic rings. The topological polar surface area (TPSA) is 57.1 Å². The molecule has 0 aliphatic carbocycles. The summed E-state index contributed by atoms with van der Waals surface area (Å²) < 4.78 is 19.5. The van der Waals surface area contributed by atoms with Gasteiger partial charge in [0.05, 0.1) is 10.2 Å². The number of halogens is 2. The minimum Gasteiger partial charge on any atom is -0.490 e. The fraction of sp³-hybridized carbons (Fsp3) is 0.103. The fourth-order valence-electron chi connectivity index (χ4n) is 3.82. The molecule has 0 saturated carbocycles. The van der Waals surface area contributed by atoms with Crippen LogP contribution >= 0.6 is 45.2 Å². The summed E-state index contributed by atoms with van der Waals surface area (Å²) in [4.78, 5) is 17.1. The number of carbonyl (C=O) groups excluding carboxylic acids is 1. The second-order valence-electron chi connectivity index (χ2n) is 8.08. The summed E-state index contributed by atoms with van der Waals surface area (Å²) >= 11 is 4.51. The van der Waals surface area contributed by atoms with Crippen molar-refractivity contribution in [2.75, 3.05) is 6.61 Å². The van der Waals surface area contributed by atoms with Gasteiger partial charge in [-0.25, -0.2) is 9.79 Å². The minimum atomic E-state index is -0.481. The van der Waals surface area contributed by atoms with Gasteiger partial charge < -0.3 is 14.2 Å². The number of rotatable bonds is 7. The van der Waals surface area contributed by atoms with Crippen molar-refractivity contribution in [2.45, 2.75) is 13.5 Å². The largest absolute Gasteiger partial charge is 0.490 e. The number of fused-ring (bicyclic) bond motifs is 1. The van der Waals surface area contributed by atoms with Crippen molar-refractivity contribution < 1.29 is 19.0 Å². The number of hydrogen-bond donors (Lipinski definition) is 0. The first-order chi connectivity index (χ1) is 17.5. The Kier molecular flexibility index (Phi) is 7.56. The van der Waals surface area contributed by atoms with Crippen molar-refractivity contribution in [1.29, 1.82) is 0 Å². The highest BCUT2D eigenvalue weighted by Crippen LogP contribution is 2.36. The van der Waals surface area contributed by atoms with E-state index in [4.69, 9.17) is 14.2 Å². The van der Waals surface area contributed by atoms with Crippen LogP contribution in [0.4, 0.5) is 0 Å². The molecule has 1 aliphatic heterocycles. The molecule has 0 bridgehead atoms. The smallest absolute Gasteiger partial charge is 0.363 e. The molecule has 5 rings (SSSR count). The Morgan fingerprint density at radius 1 is 0.917 bits per heavy atom. The minimum absolute atomic E-state index is 0.240. The number of nitrogens with zero attached hydrogens (tertiary/aromatic N) is 1. The van der Waals surface area contributed by atoms with Crippen LogP contribution in [-0.2, 0) is 16.1 Å². The van der Waals surface area contributed by atoms with Crippen LogP contribution in [-0.4, -0.2) is 18.5 Å². The highest BCUT2D eigenvalue weighted by molar-refractivity contribution is 14.1. The Labute approximate surface area is 236 Å². The van der Waals surface area contributed by atoms with E-state index in [-0.39, 0.29) is 5.70 Å². The van der Waals surface area contributed by atoms with Crippen molar-refractivity contribution in [1.82, 2.24) is 0 Å². The van der Waals surface area contributed by atoms with E-state index in [1.165, 1.54) is 3.57 Å². The van der Waals surface area contributed by atoms with E-state index in [9.17, 15) is 4.79 Å². The summed E-state index contributed by atoms with van der Waals surface area (Å²) in [5, 5.41) is 2.17. The number of aliphatic imine (C=N–C) groups is 1. The van der Waals surface area contributed by atoms with Gasteiger partial charge in [-0.05, 0) is 116 Å². The Morgan fingerprint density at radius 3 is 2.47 bits per heavy atom. The SMILES string of the molecule is CCOc1cc(/C=C2\N=C(c3ccc4ccccc4c3)OC2=O)cc(I)c1OCc1ccc(I)cc1. The summed E-state index contributed by atoms with van der Waals surface area (Å²) in [7, 11) is 0. The second-order valence-corrected chi connectivity index (χ2v) is 10.5. The van der Waals surface area contributed by atoms with Crippen LogP contribution in [0.5, 0.6) is 11.5 Å². The van der Waals surface area contributed by atoms with E-state index >= 15 is 0 Å². The van der Waals surface area contributed by atoms with Crippen LogP contribution in [0.25, 0.3) is 16.8 Å². The van der Waals surface area contributed by atoms with Gasteiger partial charge in [0.25, 0.3) is 0 Å². The predicted octanol–water partition coefficient (Wildman–Crippen LogP) is 7.37. The molecule has 0 N–H and O–H groups in total. The third-order valence-electron chi connectivity index (χ3n) is 5.55. The maximum absolute atomic E-state index is 12.6. The summed E-state index contributed by atoms with van der Waals surface area (Å²) in [5.74, 6) is 1.11. The Bertz CT molecular complexity index is 1510. The first-order valence-electron chi connectivity index (χ1n) is 11.4. The molecular formula is C29H21I2NO4. The molecule has 0 amide bonds. The van der Waals surface area contributed by atoms with Gasteiger partial charge in [-0.1, -0.05) is 42.5 Å². The first-order valence-corrected chi connectivity index (χ1v) is 13.5. The van der Waals surface area contributed by atoms with Crippen molar-refractivity contribution in [2.24, 2.45) is 4.99 Å². The van der Waals surface area contributed by atoms with E-state index < -0.39 is 5.97 Å². The summed E-state index contributed by atoms with van der Waals surface area (Å²) in [6.07, 6.45) is 1.71. The number of ether oxygens (including phenoxy) is 3. The molecule has 0 aromatic heterocycles. The maximum Gasteiger partial charge on any atom is 0.363 e. The number of benzene rings is 4. The average molecular weight is 701 g/mol. The van der Waals surface area contributed by atoms with Crippen molar-refractivity contribution >= 4 is 73.9 Å². The highest BCUT2D eigenvalue weighted by Gasteiger charge is 2.25. The first kappa shape index (κ1) is 24.8. The van der Waals surface area contributed by atoms with Crippen molar-refractivity contribution in [3.63, 3.8) is 0 Å². The van der Waals surface area contributed by atoms with E-state index in [0.29, 0.717) is 30.6 Å². The summed E-state index contributed by atoms with van der Waals surface area (Å²) in [5.41, 5.74) is 2.85. The van der Waals surface area contributed by atoms with E-state index in [2.05, 4.69) is 62.3 Å². The van der Waals surface area contributed by atoms with Gasteiger partial charge in [-0.3, -0.25) is 0 Å². The normalized spacial score (nSPS) is 14.1. The molecule has 4 aromatic carbocycles. The average Bonchev–Trinajstić information content (AvgIpc) is 3.24. The fourth-order valence-corrected chi connectivity index (χ4v) is 4.96. The molecular weight excluding hydrogens is 680 g/mol. The zero-order valence-corrected chi connectivity index (χ0v) is 23.6. The van der Waals surface area contributed by atoms with E-state index in [1.807, 2.05) is 73.7 Å². The highest BCUT2D eigenvalue weighted by atomic mass is 127. The third kappa shape index (κ3) is 5.57. The number of hydrogen-bond acceptors (Lipinski definition) is 5. The molecule has 0 spiro atoms.